The first-order chi connectivity index (χ1) is 8.40. The van der Waals surface area contributed by atoms with E-state index in [0.29, 0.717) is 0 Å². The molecule has 0 bridgehead atoms. The van der Waals surface area contributed by atoms with Crippen molar-refractivity contribution in [3.63, 3.8) is 0 Å². The number of fused-ring (bicyclic) bond motifs is 1. The first-order valence-electron chi connectivity index (χ1n) is 4.97. The highest BCUT2D eigenvalue weighted by atomic mass is 19.2. The molecular formula is C13H7F5. The van der Waals surface area contributed by atoms with E-state index in [4.69, 9.17) is 0 Å². The predicted octanol–water partition coefficient (Wildman–Crippen LogP) is 4.49. The number of hydrogen-bond acceptors (Lipinski definition) is 0. The molecule has 0 heterocycles. The normalized spacial score (nSPS) is 11.0. The van der Waals surface area contributed by atoms with Crippen LogP contribution in [0.25, 0.3) is 16.8 Å². The first kappa shape index (κ1) is 12.5. The smallest absolute Gasteiger partial charge is 0.195 e. The van der Waals surface area contributed by atoms with Gasteiger partial charge in [-0.25, -0.2) is 22.0 Å². The Hall–Kier alpha value is -1.91. The Morgan fingerprint density at radius 3 is 2.06 bits per heavy atom. The summed E-state index contributed by atoms with van der Waals surface area (Å²) in [6, 6.07) is 0.758. The van der Waals surface area contributed by atoms with Gasteiger partial charge in [0.2, 0.25) is 0 Å². The average molecular weight is 258 g/mol. The third-order valence-corrected chi connectivity index (χ3v) is 2.78. The van der Waals surface area contributed by atoms with E-state index in [0.717, 1.165) is 19.1 Å². The zero-order valence-electron chi connectivity index (χ0n) is 9.25. The molecule has 2 aromatic rings. The second kappa shape index (κ2) is 4.08. The molecule has 0 N–H and O–H groups in total. The molecule has 0 unspecified atom stereocenters. The van der Waals surface area contributed by atoms with Crippen molar-refractivity contribution in [2.45, 2.75) is 6.92 Å². The Morgan fingerprint density at radius 2 is 1.50 bits per heavy atom. The lowest BCUT2D eigenvalue weighted by atomic mass is 9.98. The van der Waals surface area contributed by atoms with E-state index in [1.165, 1.54) is 0 Å². The lowest BCUT2D eigenvalue weighted by Crippen LogP contribution is -2.02. The van der Waals surface area contributed by atoms with Gasteiger partial charge in [0, 0.05) is 5.39 Å². The maximum absolute atomic E-state index is 13.5. The summed E-state index contributed by atoms with van der Waals surface area (Å²) in [5.74, 6) is -7.88. The fraction of sp³-hybridized carbons (Fsp3) is 0.0769. The Balaban J connectivity index is 3.19. The largest absolute Gasteiger partial charge is 0.204 e. The summed E-state index contributed by atoms with van der Waals surface area (Å²) in [7, 11) is 0. The average Bonchev–Trinajstić information content (AvgIpc) is 2.36. The van der Waals surface area contributed by atoms with Crippen LogP contribution in [0.15, 0.2) is 12.6 Å². The van der Waals surface area contributed by atoms with Gasteiger partial charge in [-0.1, -0.05) is 12.7 Å². The van der Waals surface area contributed by atoms with Crippen LogP contribution < -0.4 is 0 Å². The second-order valence-corrected chi connectivity index (χ2v) is 3.78. The van der Waals surface area contributed by atoms with E-state index < -0.39 is 34.5 Å². The molecule has 0 saturated heterocycles. The number of hydrogen-bond donors (Lipinski definition) is 0. The molecule has 18 heavy (non-hydrogen) atoms. The molecule has 0 saturated carbocycles. The van der Waals surface area contributed by atoms with Crippen molar-refractivity contribution < 1.29 is 22.0 Å². The van der Waals surface area contributed by atoms with Gasteiger partial charge in [0.15, 0.2) is 29.1 Å². The molecule has 0 fully saturated rings. The maximum Gasteiger partial charge on any atom is 0.195 e. The zero-order valence-corrected chi connectivity index (χ0v) is 9.25. The molecule has 94 valence electrons. The van der Waals surface area contributed by atoms with E-state index >= 15 is 0 Å². The number of rotatable bonds is 1. The number of aryl methyl sites for hydroxylation is 1. The monoisotopic (exact) mass is 258 g/mol. The maximum atomic E-state index is 13.5. The van der Waals surface area contributed by atoms with Crippen LogP contribution in [0.1, 0.15) is 11.1 Å². The van der Waals surface area contributed by atoms with Crippen molar-refractivity contribution in [1.29, 1.82) is 0 Å². The minimum absolute atomic E-state index is 0.000741. The number of benzene rings is 2. The fourth-order valence-corrected chi connectivity index (χ4v) is 1.90. The Morgan fingerprint density at radius 1 is 0.889 bits per heavy atom. The number of halogens is 5. The van der Waals surface area contributed by atoms with E-state index in [1.807, 2.05) is 0 Å². The lowest BCUT2D eigenvalue weighted by molar-refractivity contribution is 0.445. The summed E-state index contributed by atoms with van der Waals surface area (Å²) in [5, 5.41) is -1.12. The molecule has 0 aliphatic rings. The lowest BCUT2D eigenvalue weighted by Gasteiger charge is -2.11. The first-order valence-corrected chi connectivity index (χ1v) is 4.97. The van der Waals surface area contributed by atoms with Crippen LogP contribution in [0, 0.1) is 36.0 Å². The molecule has 0 atom stereocenters. The van der Waals surface area contributed by atoms with Crippen LogP contribution in [0.5, 0.6) is 0 Å². The van der Waals surface area contributed by atoms with Crippen LogP contribution in [0.3, 0.4) is 0 Å². The third kappa shape index (κ3) is 1.50. The molecule has 0 radical (unpaired) electrons. The molecule has 0 aliphatic carbocycles. The standard InChI is InChI=1S/C13H7F5/c1-3-6-4-7(14)11(16)9-8(6)5(2)10(15)13(18)12(9)17/h3-4H,1H2,2H3. The van der Waals surface area contributed by atoms with Crippen molar-refractivity contribution in [1.82, 2.24) is 0 Å². The van der Waals surface area contributed by atoms with Gasteiger partial charge in [0.1, 0.15) is 0 Å². The van der Waals surface area contributed by atoms with Crippen LogP contribution in [0.4, 0.5) is 22.0 Å². The summed E-state index contributed by atoms with van der Waals surface area (Å²) < 4.78 is 66.9. The second-order valence-electron chi connectivity index (χ2n) is 3.78. The van der Waals surface area contributed by atoms with Crippen molar-refractivity contribution in [2.75, 3.05) is 0 Å². The van der Waals surface area contributed by atoms with Crippen LogP contribution >= 0.6 is 0 Å². The predicted molar refractivity (Wildman–Crippen MR) is 58.6 cm³/mol. The van der Waals surface area contributed by atoms with Crippen LogP contribution in [0.2, 0.25) is 0 Å². The van der Waals surface area contributed by atoms with Crippen molar-refractivity contribution in [2.24, 2.45) is 0 Å². The topological polar surface area (TPSA) is 0 Å². The molecule has 0 amide bonds. The minimum atomic E-state index is -1.82. The van der Waals surface area contributed by atoms with Gasteiger partial charge in [-0.05, 0) is 24.1 Å². The van der Waals surface area contributed by atoms with Gasteiger partial charge in [0.25, 0.3) is 0 Å². The third-order valence-electron chi connectivity index (χ3n) is 2.78. The van der Waals surface area contributed by atoms with Gasteiger partial charge >= 0.3 is 0 Å². The Labute approximate surface area is 99.3 Å². The van der Waals surface area contributed by atoms with E-state index in [1.54, 1.807) is 0 Å². The quantitative estimate of drug-likeness (QED) is 0.522. The minimum Gasteiger partial charge on any atom is -0.204 e. The summed E-state index contributed by atoms with van der Waals surface area (Å²) in [6.07, 6.45) is 1.12. The van der Waals surface area contributed by atoms with Crippen molar-refractivity contribution in [3.8, 4) is 0 Å². The van der Waals surface area contributed by atoms with E-state index in [2.05, 4.69) is 6.58 Å². The molecular weight excluding hydrogens is 251 g/mol. The molecule has 2 aromatic carbocycles. The molecule has 0 aliphatic heterocycles. The van der Waals surface area contributed by atoms with Gasteiger partial charge < -0.3 is 0 Å². The van der Waals surface area contributed by atoms with E-state index in [9.17, 15) is 22.0 Å². The van der Waals surface area contributed by atoms with Crippen LogP contribution in [-0.2, 0) is 0 Å². The zero-order chi connectivity index (χ0) is 13.6. The van der Waals surface area contributed by atoms with Crippen LogP contribution in [-0.4, -0.2) is 0 Å². The SMILES string of the molecule is C=Cc1cc(F)c(F)c2c(F)c(F)c(F)c(C)c12. The molecule has 0 nitrogen and oxygen atoms in total. The van der Waals surface area contributed by atoms with Gasteiger partial charge in [0.05, 0.1) is 5.39 Å². The highest BCUT2D eigenvalue weighted by Gasteiger charge is 2.23. The highest BCUT2D eigenvalue weighted by Crippen LogP contribution is 2.33. The molecule has 5 heteroatoms. The molecule has 0 aromatic heterocycles. The van der Waals surface area contributed by atoms with Gasteiger partial charge in [-0.3, -0.25) is 0 Å². The molecule has 2 rings (SSSR count). The van der Waals surface area contributed by atoms with Gasteiger partial charge in [-0.2, -0.15) is 0 Å². The Bertz CT molecular complexity index is 673. The molecule has 0 spiro atoms. The van der Waals surface area contributed by atoms with Gasteiger partial charge in [-0.15, -0.1) is 0 Å². The van der Waals surface area contributed by atoms with Crippen molar-refractivity contribution >= 4 is 16.8 Å². The van der Waals surface area contributed by atoms with Crippen molar-refractivity contribution in [3.05, 3.63) is 52.9 Å². The summed E-state index contributed by atoms with van der Waals surface area (Å²) in [5.41, 5.74) is -0.295. The van der Waals surface area contributed by atoms with E-state index in [-0.39, 0.29) is 16.5 Å². The Kier molecular flexibility index (Phi) is 2.84. The summed E-state index contributed by atoms with van der Waals surface area (Å²) in [4.78, 5) is 0. The highest BCUT2D eigenvalue weighted by molar-refractivity contribution is 5.94. The fourth-order valence-electron chi connectivity index (χ4n) is 1.90. The summed E-state index contributed by atoms with van der Waals surface area (Å²) in [6.45, 7) is 4.50. The summed E-state index contributed by atoms with van der Waals surface area (Å²) >= 11 is 0.